The van der Waals surface area contributed by atoms with Crippen molar-refractivity contribution in [1.82, 2.24) is 10.2 Å². The lowest BCUT2D eigenvalue weighted by Crippen LogP contribution is -2.53. The molecule has 5 heteroatoms. The van der Waals surface area contributed by atoms with E-state index in [1.165, 1.54) is 0 Å². The second kappa shape index (κ2) is 7.07. The molecule has 0 spiro atoms. The zero-order valence-corrected chi connectivity index (χ0v) is 13.4. The van der Waals surface area contributed by atoms with E-state index in [1.54, 1.807) is 0 Å². The number of ether oxygens (including phenoxy) is 1. The number of amides is 1. The van der Waals surface area contributed by atoms with E-state index < -0.39 is 0 Å². The quantitative estimate of drug-likeness (QED) is 0.796. The molecule has 2 atom stereocenters. The number of hydrogen-bond acceptors (Lipinski definition) is 4. The van der Waals surface area contributed by atoms with Crippen molar-refractivity contribution in [2.75, 3.05) is 19.7 Å². The summed E-state index contributed by atoms with van der Waals surface area (Å²) >= 11 is 0. The Morgan fingerprint density at radius 1 is 1.40 bits per heavy atom. The van der Waals surface area contributed by atoms with Crippen molar-refractivity contribution >= 4 is 11.9 Å². The number of nitrogens with one attached hydrogen (secondary N) is 1. The van der Waals surface area contributed by atoms with Gasteiger partial charge in [-0.05, 0) is 54.0 Å². The third-order valence-electron chi connectivity index (χ3n) is 3.50. The molecule has 1 amide bonds. The van der Waals surface area contributed by atoms with Gasteiger partial charge in [0.05, 0.1) is 18.6 Å². The van der Waals surface area contributed by atoms with Gasteiger partial charge in [0.1, 0.15) is 0 Å². The van der Waals surface area contributed by atoms with E-state index in [9.17, 15) is 9.59 Å². The molecule has 0 aromatic rings. The van der Waals surface area contributed by atoms with Crippen LogP contribution in [-0.2, 0) is 14.3 Å². The molecular weight excluding hydrogens is 256 g/mol. The summed E-state index contributed by atoms with van der Waals surface area (Å²) in [6.07, 6.45) is 1.78. The average molecular weight is 284 g/mol. The fraction of sp³-hybridized carbons (Fsp3) is 0.867. The van der Waals surface area contributed by atoms with Gasteiger partial charge >= 0.3 is 5.97 Å². The van der Waals surface area contributed by atoms with Crippen LogP contribution in [0.25, 0.3) is 0 Å². The van der Waals surface area contributed by atoms with Crippen molar-refractivity contribution in [2.45, 2.75) is 59.0 Å². The lowest BCUT2D eigenvalue weighted by molar-refractivity contribution is -0.151. The van der Waals surface area contributed by atoms with Crippen LogP contribution in [0, 0.1) is 5.92 Å². The maximum Gasteiger partial charge on any atom is 0.310 e. The second-order valence-corrected chi connectivity index (χ2v) is 6.50. The topological polar surface area (TPSA) is 58.6 Å². The molecule has 1 saturated heterocycles. The highest BCUT2D eigenvalue weighted by atomic mass is 16.5. The van der Waals surface area contributed by atoms with Crippen molar-refractivity contribution in [3.63, 3.8) is 0 Å². The Balaban J connectivity index is 2.58. The number of carbonyl (C=O) groups is 2. The van der Waals surface area contributed by atoms with Gasteiger partial charge in [-0.3, -0.25) is 14.5 Å². The van der Waals surface area contributed by atoms with Crippen LogP contribution >= 0.6 is 0 Å². The molecular formula is C15H28N2O3. The van der Waals surface area contributed by atoms with Gasteiger partial charge in [-0.2, -0.15) is 0 Å². The number of hydrogen-bond donors (Lipinski definition) is 1. The van der Waals surface area contributed by atoms with Gasteiger partial charge in [0.25, 0.3) is 0 Å². The van der Waals surface area contributed by atoms with Gasteiger partial charge in [-0.1, -0.05) is 0 Å². The van der Waals surface area contributed by atoms with Crippen LogP contribution in [0.1, 0.15) is 47.5 Å². The Bertz CT molecular complexity index is 350. The smallest absolute Gasteiger partial charge is 0.310 e. The molecule has 116 valence electrons. The molecule has 1 N–H and O–H groups in total. The van der Waals surface area contributed by atoms with Gasteiger partial charge < -0.3 is 10.1 Å². The molecule has 1 heterocycles. The monoisotopic (exact) mass is 284 g/mol. The minimum absolute atomic E-state index is 0.0157. The Labute approximate surface area is 122 Å². The van der Waals surface area contributed by atoms with Crippen LogP contribution in [0.2, 0.25) is 0 Å². The SMILES string of the molecule is CCOC(=O)[C@@H]1CCCN(C(C)C(=O)NC(C)(C)C)C1. The highest BCUT2D eigenvalue weighted by Crippen LogP contribution is 2.20. The summed E-state index contributed by atoms with van der Waals surface area (Å²) in [4.78, 5) is 26.1. The van der Waals surface area contributed by atoms with Crippen LogP contribution in [0.3, 0.4) is 0 Å². The third kappa shape index (κ3) is 5.12. The molecule has 0 aromatic heterocycles. The molecule has 1 aliphatic rings. The van der Waals surface area contributed by atoms with Crippen molar-refractivity contribution in [3.8, 4) is 0 Å². The van der Waals surface area contributed by atoms with E-state index in [0.29, 0.717) is 13.2 Å². The van der Waals surface area contributed by atoms with E-state index >= 15 is 0 Å². The number of piperidine rings is 1. The minimum Gasteiger partial charge on any atom is -0.466 e. The molecule has 1 aliphatic heterocycles. The molecule has 0 aliphatic carbocycles. The number of likely N-dealkylation sites (tertiary alicyclic amines) is 1. The maximum absolute atomic E-state index is 12.2. The van der Waals surface area contributed by atoms with Gasteiger partial charge in [0, 0.05) is 12.1 Å². The van der Waals surface area contributed by atoms with Gasteiger partial charge in [-0.15, -0.1) is 0 Å². The minimum atomic E-state index is -0.234. The molecule has 5 nitrogen and oxygen atoms in total. The first-order valence-electron chi connectivity index (χ1n) is 7.47. The highest BCUT2D eigenvalue weighted by molar-refractivity contribution is 5.82. The molecule has 0 saturated carbocycles. The normalized spacial score (nSPS) is 22.1. The third-order valence-corrected chi connectivity index (χ3v) is 3.50. The van der Waals surface area contributed by atoms with Gasteiger partial charge in [0.2, 0.25) is 5.91 Å². The largest absolute Gasteiger partial charge is 0.466 e. The first kappa shape index (κ1) is 17.0. The molecule has 1 fully saturated rings. The fourth-order valence-electron chi connectivity index (χ4n) is 2.45. The predicted molar refractivity (Wildman–Crippen MR) is 78.3 cm³/mol. The second-order valence-electron chi connectivity index (χ2n) is 6.50. The molecule has 0 bridgehead atoms. The summed E-state index contributed by atoms with van der Waals surface area (Å²) in [5.41, 5.74) is -0.234. The molecule has 0 aromatic carbocycles. The number of esters is 1. The van der Waals surface area contributed by atoms with Crippen molar-refractivity contribution in [2.24, 2.45) is 5.92 Å². The summed E-state index contributed by atoms with van der Waals surface area (Å²) in [7, 11) is 0. The van der Waals surface area contributed by atoms with Crippen LogP contribution in [0.4, 0.5) is 0 Å². The van der Waals surface area contributed by atoms with Crippen LogP contribution in [-0.4, -0.2) is 48.1 Å². The molecule has 20 heavy (non-hydrogen) atoms. The summed E-state index contributed by atoms with van der Waals surface area (Å²) in [6.45, 7) is 11.5. The zero-order valence-electron chi connectivity index (χ0n) is 13.4. The molecule has 0 radical (unpaired) electrons. The zero-order chi connectivity index (χ0) is 15.3. The Morgan fingerprint density at radius 2 is 2.05 bits per heavy atom. The lowest BCUT2D eigenvalue weighted by atomic mass is 9.96. The number of carbonyl (C=O) groups excluding carboxylic acids is 2. The standard InChI is InChI=1S/C15H28N2O3/c1-6-20-14(19)12-8-7-9-17(10-12)11(2)13(18)16-15(3,4)5/h11-12H,6-10H2,1-5H3,(H,16,18)/t11?,12-/m1/s1. The Morgan fingerprint density at radius 3 is 2.60 bits per heavy atom. The maximum atomic E-state index is 12.2. The Hall–Kier alpha value is -1.10. The summed E-state index contributed by atoms with van der Waals surface area (Å²) in [6, 6.07) is -0.216. The summed E-state index contributed by atoms with van der Waals surface area (Å²) in [5, 5.41) is 2.99. The van der Waals surface area contributed by atoms with Crippen molar-refractivity contribution < 1.29 is 14.3 Å². The van der Waals surface area contributed by atoms with Crippen LogP contribution in [0.5, 0.6) is 0 Å². The fourth-order valence-corrected chi connectivity index (χ4v) is 2.45. The molecule has 1 rings (SSSR count). The van der Waals surface area contributed by atoms with E-state index in [-0.39, 0.29) is 29.4 Å². The van der Waals surface area contributed by atoms with E-state index in [2.05, 4.69) is 10.2 Å². The summed E-state index contributed by atoms with van der Waals surface area (Å²) in [5.74, 6) is -0.226. The summed E-state index contributed by atoms with van der Waals surface area (Å²) < 4.78 is 5.08. The highest BCUT2D eigenvalue weighted by Gasteiger charge is 2.32. The average Bonchev–Trinajstić information content (AvgIpc) is 2.36. The first-order chi connectivity index (χ1) is 9.24. The lowest BCUT2D eigenvalue weighted by Gasteiger charge is -2.36. The van der Waals surface area contributed by atoms with Gasteiger partial charge in [0.15, 0.2) is 0 Å². The van der Waals surface area contributed by atoms with E-state index in [1.807, 2.05) is 34.6 Å². The van der Waals surface area contributed by atoms with Crippen LogP contribution in [0.15, 0.2) is 0 Å². The van der Waals surface area contributed by atoms with Crippen molar-refractivity contribution in [3.05, 3.63) is 0 Å². The van der Waals surface area contributed by atoms with E-state index in [4.69, 9.17) is 4.74 Å². The van der Waals surface area contributed by atoms with Gasteiger partial charge in [-0.25, -0.2) is 0 Å². The van der Waals surface area contributed by atoms with Crippen LogP contribution < -0.4 is 5.32 Å². The first-order valence-corrected chi connectivity index (χ1v) is 7.47. The predicted octanol–water partition coefficient (Wildman–Crippen LogP) is 1.56. The number of rotatable bonds is 4. The van der Waals surface area contributed by atoms with Crippen molar-refractivity contribution in [1.29, 1.82) is 0 Å². The molecule has 1 unspecified atom stereocenters. The number of nitrogens with zero attached hydrogens (tertiary/aromatic N) is 1. The van der Waals surface area contributed by atoms with E-state index in [0.717, 1.165) is 19.4 Å². The Kier molecular flexibility index (Phi) is 5.99.